The molecule has 0 aromatic carbocycles. The number of esters is 1. The third kappa shape index (κ3) is 2.90. The fraction of sp³-hybridized carbons (Fsp3) is 0.692. The van der Waals surface area contributed by atoms with E-state index in [0.29, 0.717) is 5.89 Å². The molecule has 1 aliphatic rings. The minimum atomic E-state index is -0.226. The Kier molecular flexibility index (Phi) is 3.43. The van der Waals surface area contributed by atoms with Gasteiger partial charge in [-0.15, -0.1) is 0 Å². The lowest BCUT2D eigenvalue weighted by Crippen LogP contribution is -2.23. The maximum atomic E-state index is 11.9. The van der Waals surface area contributed by atoms with Crippen LogP contribution in [0.1, 0.15) is 33.1 Å². The van der Waals surface area contributed by atoms with Crippen molar-refractivity contribution in [3.63, 3.8) is 0 Å². The van der Waals surface area contributed by atoms with E-state index in [9.17, 15) is 4.79 Å². The summed E-state index contributed by atoms with van der Waals surface area (Å²) in [7, 11) is 2.00. The monoisotopic (exact) mass is 252 g/mol. The molecule has 0 bridgehead atoms. The van der Waals surface area contributed by atoms with Gasteiger partial charge in [0.05, 0.1) is 5.92 Å². The van der Waals surface area contributed by atoms with Crippen LogP contribution in [0.25, 0.3) is 0 Å². The van der Waals surface area contributed by atoms with E-state index in [-0.39, 0.29) is 23.2 Å². The molecule has 0 N–H and O–H groups in total. The van der Waals surface area contributed by atoms with Gasteiger partial charge in [-0.1, -0.05) is 20.8 Å². The molecule has 0 amide bonds. The zero-order valence-electron chi connectivity index (χ0n) is 11.4. The van der Waals surface area contributed by atoms with Crippen LogP contribution < -0.4 is 4.74 Å². The molecule has 5 heteroatoms. The molecule has 100 valence electrons. The third-order valence-electron chi connectivity index (χ3n) is 3.05. The van der Waals surface area contributed by atoms with Crippen LogP contribution in [0, 0.1) is 5.92 Å². The van der Waals surface area contributed by atoms with E-state index in [1.807, 2.05) is 27.8 Å². The highest BCUT2D eigenvalue weighted by Gasteiger charge is 2.29. The Hall–Kier alpha value is -1.36. The fourth-order valence-electron chi connectivity index (χ4n) is 1.96. The van der Waals surface area contributed by atoms with Gasteiger partial charge in [0, 0.05) is 12.0 Å². The molecule has 2 heterocycles. The highest BCUT2D eigenvalue weighted by Crippen LogP contribution is 2.26. The van der Waals surface area contributed by atoms with Gasteiger partial charge in [-0.3, -0.25) is 4.79 Å². The van der Waals surface area contributed by atoms with Crippen LogP contribution in [-0.4, -0.2) is 36.0 Å². The first-order valence-corrected chi connectivity index (χ1v) is 6.23. The van der Waals surface area contributed by atoms with Crippen molar-refractivity contribution in [3.05, 3.63) is 12.1 Å². The van der Waals surface area contributed by atoms with E-state index in [4.69, 9.17) is 9.15 Å². The molecule has 1 aromatic heterocycles. The van der Waals surface area contributed by atoms with Crippen LogP contribution in [0.4, 0.5) is 0 Å². The summed E-state index contributed by atoms with van der Waals surface area (Å²) >= 11 is 0. The molecule has 0 saturated carbocycles. The molecule has 5 nitrogen and oxygen atoms in total. The molecule has 0 aliphatic carbocycles. The molecule has 18 heavy (non-hydrogen) atoms. The number of nitrogens with zero attached hydrogens (tertiary/aromatic N) is 2. The van der Waals surface area contributed by atoms with Crippen LogP contribution in [0.15, 0.2) is 10.6 Å². The maximum Gasteiger partial charge on any atom is 0.318 e. The van der Waals surface area contributed by atoms with Gasteiger partial charge in [0.25, 0.3) is 0 Å². The van der Waals surface area contributed by atoms with Gasteiger partial charge in [0.15, 0.2) is 0 Å². The first-order valence-electron chi connectivity index (χ1n) is 6.23. The van der Waals surface area contributed by atoms with E-state index in [1.54, 1.807) is 0 Å². The molecule has 0 spiro atoms. The minimum absolute atomic E-state index is 0.0572. The van der Waals surface area contributed by atoms with Gasteiger partial charge in [-0.25, -0.2) is 4.98 Å². The second-order valence-electron chi connectivity index (χ2n) is 5.90. The van der Waals surface area contributed by atoms with Crippen molar-refractivity contribution in [2.75, 3.05) is 20.1 Å². The van der Waals surface area contributed by atoms with E-state index < -0.39 is 0 Å². The number of rotatable bonds is 2. The lowest BCUT2D eigenvalue weighted by atomic mass is 9.97. The van der Waals surface area contributed by atoms with E-state index in [0.717, 1.165) is 19.5 Å². The zero-order valence-corrected chi connectivity index (χ0v) is 11.4. The summed E-state index contributed by atoms with van der Waals surface area (Å²) in [4.78, 5) is 18.1. The van der Waals surface area contributed by atoms with E-state index in [2.05, 4.69) is 9.88 Å². The van der Waals surface area contributed by atoms with Gasteiger partial charge in [-0.05, 0) is 20.0 Å². The van der Waals surface area contributed by atoms with Crippen LogP contribution in [0.5, 0.6) is 5.95 Å². The van der Waals surface area contributed by atoms with Crippen LogP contribution in [-0.2, 0) is 10.2 Å². The quantitative estimate of drug-likeness (QED) is 0.752. The lowest BCUT2D eigenvalue weighted by Gasteiger charge is -2.12. The van der Waals surface area contributed by atoms with E-state index in [1.165, 1.54) is 6.20 Å². The molecule has 1 fully saturated rings. The molecule has 1 aliphatic heterocycles. The smallest absolute Gasteiger partial charge is 0.318 e. The summed E-state index contributed by atoms with van der Waals surface area (Å²) in [6.07, 6.45) is 2.31. The van der Waals surface area contributed by atoms with Crippen molar-refractivity contribution in [2.24, 2.45) is 5.92 Å². The molecule has 1 saturated heterocycles. The van der Waals surface area contributed by atoms with Gasteiger partial charge >= 0.3 is 11.9 Å². The number of likely N-dealkylation sites (tertiary alicyclic amines) is 1. The number of aromatic nitrogens is 1. The molecule has 1 atom stereocenters. The predicted molar refractivity (Wildman–Crippen MR) is 66.4 cm³/mol. The number of carbonyl (C=O) groups is 1. The molecule has 2 rings (SSSR count). The Morgan fingerprint density at radius 2 is 2.28 bits per heavy atom. The Bertz CT molecular complexity index is 434. The Morgan fingerprint density at radius 1 is 1.56 bits per heavy atom. The minimum Gasteiger partial charge on any atom is -0.409 e. The average Bonchev–Trinajstić information content (AvgIpc) is 2.85. The largest absolute Gasteiger partial charge is 0.409 e. The molecule has 1 aromatic rings. The highest BCUT2D eigenvalue weighted by molar-refractivity contribution is 5.75. The van der Waals surface area contributed by atoms with Crippen molar-refractivity contribution in [1.82, 2.24) is 9.88 Å². The SMILES string of the molecule is CN1CCC(C(=O)Oc2cnc(C(C)(C)C)o2)C1. The van der Waals surface area contributed by atoms with Gasteiger partial charge in [-0.2, -0.15) is 0 Å². The number of oxazole rings is 1. The van der Waals surface area contributed by atoms with Gasteiger partial charge in [0.2, 0.25) is 5.89 Å². The normalized spacial score (nSPS) is 21.2. The average molecular weight is 252 g/mol. The van der Waals surface area contributed by atoms with E-state index >= 15 is 0 Å². The number of hydrogen-bond acceptors (Lipinski definition) is 5. The Morgan fingerprint density at radius 3 is 2.78 bits per heavy atom. The van der Waals surface area contributed by atoms with Crippen molar-refractivity contribution in [1.29, 1.82) is 0 Å². The van der Waals surface area contributed by atoms with Gasteiger partial charge in [0.1, 0.15) is 6.20 Å². The predicted octanol–water partition coefficient (Wildman–Crippen LogP) is 1.83. The molecule has 1 unspecified atom stereocenters. The number of hydrogen-bond donors (Lipinski definition) is 0. The van der Waals surface area contributed by atoms with Crippen molar-refractivity contribution < 1.29 is 13.9 Å². The summed E-state index contributed by atoms with van der Waals surface area (Å²) in [5.74, 6) is 0.488. The summed E-state index contributed by atoms with van der Waals surface area (Å²) in [6.45, 7) is 7.67. The van der Waals surface area contributed by atoms with Crippen molar-refractivity contribution in [3.8, 4) is 5.95 Å². The lowest BCUT2D eigenvalue weighted by molar-refractivity contribution is -0.139. The first-order chi connectivity index (χ1) is 8.36. The molecular formula is C13H20N2O3. The second-order valence-corrected chi connectivity index (χ2v) is 5.90. The second kappa shape index (κ2) is 4.72. The summed E-state index contributed by atoms with van der Waals surface area (Å²) in [5, 5.41) is 0. The standard InChI is InChI=1S/C13H20N2O3/c1-13(2,3)12-14-7-10(18-12)17-11(16)9-5-6-15(4)8-9/h7,9H,5-6,8H2,1-4H3. The Balaban J connectivity index is 1.97. The summed E-state index contributed by atoms with van der Waals surface area (Å²) in [6, 6.07) is 0. The van der Waals surface area contributed by atoms with Crippen LogP contribution >= 0.6 is 0 Å². The zero-order chi connectivity index (χ0) is 13.3. The number of carbonyl (C=O) groups excluding carboxylic acids is 1. The summed E-state index contributed by atoms with van der Waals surface area (Å²) in [5.41, 5.74) is -0.182. The molecule has 0 radical (unpaired) electrons. The maximum absolute atomic E-state index is 11.9. The van der Waals surface area contributed by atoms with Crippen LogP contribution in [0.3, 0.4) is 0 Å². The van der Waals surface area contributed by atoms with Crippen molar-refractivity contribution in [2.45, 2.75) is 32.6 Å². The fourth-order valence-corrected chi connectivity index (χ4v) is 1.96. The first kappa shape index (κ1) is 13.1. The van der Waals surface area contributed by atoms with Gasteiger partial charge < -0.3 is 14.1 Å². The third-order valence-corrected chi connectivity index (χ3v) is 3.05. The summed E-state index contributed by atoms with van der Waals surface area (Å²) < 4.78 is 10.7. The topological polar surface area (TPSA) is 55.6 Å². The molecular weight excluding hydrogens is 232 g/mol. The Labute approximate surface area is 107 Å². The highest BCUT2D eigenvalue weighted by atomic mass is 16.6. The van der Waals surface area contributed by atoms with Crippen LogP contribution in [0.2, 0.25) is 0 Å². The number of ether oxygens (including phenoxy) is 1. The van der Waals surface area contributed by atoms with Crippen molar-refractivity contribution >= 4 is 5.97 Å².